The summed E-state index contributed by atoms with van der Waals surface area (Å²) >= 11 is 0. The molecule has 2 heterocycles. The lowest BCUT2D eigenvalue weighted by molar-refractivity contribution is 0.160. The van der Waals surface area contributed by atoms with Gasteiger partial charge in [-0.15, -0.1) is 0 Å². The zero-order valence-corrected chi connectivity index (χ0v) is 14.0. The number of carbonyl (C=O) groups excluding carboxylic acids is 1. The number of anilines is 2. The van der Waals surface area contributed by atoms with Gasteiger partial charge >= 0.3 is 6.03 Å². The van der Waals surface area contributed by atoms with Crippen molar-refractivity contribution >= 4 is 17.4 Å². The molecule has 2 aromatic carbocycles. The van der Waals surface area contributed by atoms with E-state index in [1.165, 1.54) is 17.7 Å². The van der Waals surface area contributed by atoms with Crippen LogP contribution in [0.2, 0.25) is 0 Å². The van der Waals surface area contributed by atoms with Crippen molar-refractivity contribution in [3.63, 3.8) is 0 Å². The van der Waals surface area contributed by atoms with Gasteiger partial charge in [0.05, 0.1) is 6.04 Å². The van der Waals surface area contributed by atoms with Crippen LogP contribution >= 0.6 is 0 Å². The maximum absolute atomic E-state index is 12.4. The average molecular weight is 321 g/mol. The van der Waals surface area contributed by atoms with Gasteiger partial charge in [-0.05, 0) is 49.1 Å². The van der Waals surface area contributed by atoms with Crippen LogP contribution in [-0.4, -0.2) is 36.6 Å². The van der Waals surface area contributed by atoms with Crippen LogP contribution < -0.4 is 10.2 Å². The topological polar surface area (TPSA) is 35.6 Å². The van der Waals surface area contributed by atoms with E-state index in [1.807, 2.05) is 36.1 Å². The molecule has 0 radical (unpaired) electrons. The van der Waals surface area contributed by atoms with Gasteiger partial charge < -0.3 is 15.1 Å². The Morgan fingerprint density at radius 3 is 2.79 bits per heavy atom. The molecule has 0 atom stereocenters. The van der Waals surface area contributed by atoms with Crippen molar-refractivity contribution in [1.82, 2.24) is 4.90 Å². The van der Waals surface area contributed by atoms with E-state index in [9.17, 15) is 4.79 Å². The lowest BCUT2D eigenvalue weighted by Gasteiger charge is -2.48. The minimum Gasteiger partial charge on any atom is -0.365 e. The fourth-order valence-corrected chi connectivity index (χ4v) is 3.69. The molecule has 0 aromatic heterocycles. The summed E-state index contributed by atoms with van der Waals surface area (Å²) in [4.78, 5) is 16.8. The fraction of sp³-hybridized carbons (Fsp3) is 0.350. The molecule has 1 N–H and O–H groups in total. The molecule has 0 aliphatic carbocycles. The zero-order chi connectivity index (χ0) is 16.5. The van der Waals surface area contributed by atoms with E-state index in [1.54, 1.807) is 0 Å². The number of nitrogens with zero attached hydrogens (tertiary/aromatic N) is 2. The number of amides is 2. The van der Waals surface area contributed by atoms with Crippen LogP contribution in [0.3, 0.4) is 0 Å². The Morgan fingerprint density at radius 2 is 1.96 bits per heavy atom. The minimum absolute atomic E-state index is 0.00199. The Balaban J connectivity index is 1.38. The monoisotopic (exact) mass is 321 g/mol. The standard InChI is InChI=1S/C20H23N3O/c1-15-6-4-9-17(12-15)21-20(24)22-13-18(14-22)23-11-5-8-16-7-2-3-10-19(16)23/h2-4,6-7,9-10,12,18H,5,8,11,13-14H2,1H3,(H,21,24). The summed E-state index contributed by atoms with van der Waals surface area (Å²) in [5.41, 5.74) is 4.81. The van der Waals surface area contributed by atoms with Crippen LogP contribution in [0.15, 0.2) is 48.5 Å². The number of likely N-dealkylation sites (tertiary alicyclic amines) is 1. The van der Waals surface area contributed by atoms with Gasteiger partial charge in [-0.25, -0.2) is 4.79 Å². The molecule has 2 aromatic rings. The quantitative estimate of drug-likeness (QED) is 0.916. The van der Waals surface area contributed by atoms with Gasteiger partial charge in [-0.2, -0.15) is 0 Å². The number of urea groups is 1. The lowest BCUT2D eigenvalue weighted by Crippen LogP contribution is -2.62. The molecule has 2 aliphatic rings. The van der Waals surface area contributed by atoms with Crippen molar-refractivity contribution < 1.29 is 4.79 Å². The second-order valence-electron chi connectivity index (χ2n) is 6.78. The number of hydrogen-bond donors (Lipinski definition) is 1. The molecule has 124 valence electrons. The van der Waals surface area contributed by atoms with E-state index in [0.29, 0.717) is 6.04 Å². The average Bonchev–Trinajstić information content (AvgIpc) is 2.54. The summed E-state index contributed by atoms with van der Waals surface area (Å²) in [7, 11) is 0. The van der Waals surface area contributed by atoms with E-state index < -0.39 is 0 Å². The van der Waals surface area contributed by atoms with E-state index in [2.05, 4.69) is 34.5 Å². The summed E-state index contributed by atoms with van der Waals surface area (Å²) in [5, 5.41) is 3.00. The summed E-state index contributed by atoms with van der Waals surface area (Å²) in [6.45, 7) is 4.72. The highest BCUT2D eigenvalue weighted by Gasteiger charge is 2.36. The molecule has 1 fully saturated rings. The van der Waals surface area contributed by atoms with E-state index in [4.69, 9.17) is 0 Å². The normalized spacial score (nSPS) is 17.2. The molecule has 0 spiro atoms. The van der Waals surface area contributed by atoms with Gasteiger partial charge in [0.1, 0.15) is 0 Å². The first-order chi connectivity index (χ1) is 11.7. The molecule has 2 amide bonds. The summed E-state index contributed by atoms with van der Waals surface area (Å²) in [6.07, 6.45) is 2.36. The number of hydrogen-bond acceptors (Lipinski definition) is 2. The molecule has 4 heteroatoms. The first kappa shape index (κ1) is 15.1. The van der Waals surface area contributed by atoms with Crippen LogP contribution in [-0.2, 0) is 6.42 Å². The Hall–Kier alpha value is -2.49. The summed E-state index contributed by atoms with van der Waals surface area (Å²) in [5.74, 6) is 0. The molecule has 0 unspecified atom stereocenters. The first-order valence-corrected chi connectivity index (χ1v) is 8.68. The minimum atomic E-state index is 0.00199. The molecule has 1 saturated heterocycles. The highest BCUT2D eigenvalue weighted by Crippen LogP contribution is 2.31. The molecular formula is C20H23N3O. The van der Waals surface area contributed by atoms with Crippen LogP contribution in [0.1, 0.15) is 17.5 Å². The SMILES string of the molecule is Cc1cccc(NC(=O)N2CC(N3CCCc4ccccc43)C2)c1. The van der Waals surface area contributed by atoms with Gasteiger partial charge in [-0.3, -0.25) is 0 Å². The molecule has 4 rings (SSSR count). The first-order valence-electron chi connectivity index (χ1n) is 8.68. The molecule has 2 aliphatic heterocycles. The van der Waals surface area contributed by atoms with Crippen molar-refractivity contribution in [2.24, 2.45) is 0 Å². The van der Waals surface area contributed by atoms with E-state index in [0.717, 1.165) is 37.3 Å². The Kier molecular flexibility index (Phi) is 3.89. The van der Waals surface area contributed by atoms with E-state index in [-0.39, 0.29) is 6.03 Å². The van der Waals surface area contributed by atoms with Crippen molar-refractivity contribution in [2.75, 3.05) is 29.9 Å². The number of fused-ring (bicyclic) bond motifs is 1. The van der Waals surface area contributed by atoms with Gasteiger partial charge in [0.2, 0.25) is 0 Å². The maximum Gasteiger partial charge on any atom is 0.321 e. The largest absolute Gasteiger partial charge is 0.365 e. The van der Waals surface area contributed by atoms with Gasteiger partial charge in [-0.1, -0.05) is 30.3 Å². The van der Waals surface area contributed by atoms with Crippen LogP contribution in [0.4, 0.5) is 16.2 Å². The predicted octanol–water partition coefficient (Wildman–Crippen LogP) is 3.66. The maximum atomic E-state index is 12.4. The molecule has 0 saturated carbocycles. The third-order valence-electron chi connectivity index (χ3n) is 5.01. The Bertz CT molecular complexity index is 752. The smallest absolute Gasteiger partial charge is 0.321 e. The van der Waals surface area contributed by atoms with Crippen molar-refractivity contribution in [3.8, 4) is 0 Å². The lowest BCUT2D eigenvalue weighted by atomic mass is 9.97. The third kappa shape index (κ3) is 2.84. The number of carbonyl (C=O) groups is 1. The van der Waals surface area contributed by atoms with Gasteiger partial charge in [0.15, 0.2) is 0 Å². The number of rotatable bonds is 2. The van der Waals surface area contributed by atoms with Crippen molar-refractivity contribution in [2.45, 2.75) is 25.8 Å². The van der Waals surface area contributed by atoms with Crippen molar-refractivity contribution in [3.05, 3.63) is 59.7 Å². The second-order valence-corrected chi connectivity index (χ2v) is 6.78. The highest BCUT2D eigenvalue weighted by molar-refractivity contribution is 5.90. The Labute approximate surface area is 143 Å². The number of para-hydroxylation sites is 1. The number of benzene rings is 2. The molecular weight excluding hydrogens is 298 g/mol. The van der Waals surface area contributed by atoms with Crippen LogP contribution in [0.5, 0.6) is 0 Å². The molecule has 0 bridgehead atoms. The van der Waals surface area contributed by atoms with Gasteiger partial charge in [0, 0.05) is 31.0 Å². The fourth-order valence-electron chi connectivity index (χ4n) is 3.69. The summed E-state index contributed by atoms with van der Waals surface area (Å²) < 4.78 is 0. The molecule has 4 nitrogen and oxygen atoms in total. The van der Waals surface area contributed by atoms with Gasteiger partial charge in [0.25, 0.3) is 0 Å². The molecule has 24 heavy (non-hydrogen) atoms. The third-order valence-corrected chi connectivity index (χ3v) is 5.01. The zero-order valence-electron chi connectivity index (χ0n) is 14.0. The highest BCUT2D eigenvalue weighted by atomic mass is 16.2. The summed E-state index contributed by atoms with van der Waals surface area (Å²) in [6, 6.07) is 17.0. The number of nitrogens with one attached hydrogen (secondary N) is 1. The second kappa shape index (κ2) is 6.19. The Morgan fingerprint density at radius 1 is 1.12 bits per heavy atom. The predicted molar refractivity (Wildman–Crippen MR) is 97.7 cm³/mol. The van der Waals surface area contributed by atoms with Crippen molar-refractivity contribution in [1.29, 1.82) is 0 Å². The van der Waals surface area contributed by atoms with Crippen LogP contribution in [0, 0.1) is 6.92 Å². The van der Waals surface area contributed by atoms with E-state index >= 15 is 0 Å². The van der Waals surface area contributed by atoms with Crippen LogP contribution in [0.25, 0.3) is 0 Å². The number of aryl methyl sites for hydroxylation is 2.